The van der Waals surface area contributed by atoms with E-state index in [0.29, 0.717) is 5.92 Å². The summed E-state index contributed by atoms with van der Waals surface area (Å²) in [6.45, 7) is 4.62. The first-order valence-electron chi connectivity index (χ1n) is 5.87. The Labute approximate surface area is 91.7 Å². The maximum absolute atomic E-state index is 11.5. The monoisotopic (exact) mass is 208 g/mol. The van der Waals surface area contributed by atoms with Crippen LogP contribution in [0.2, 0.25) is 0 Å². The standard InChI is InChI=1S/C13H20O2/c1-9-5-4-6-11-7-10(12(14)15-3)8-13(9,11)2/h7,9-10H,4-6,8H2,1-3H3/t9-,10-,13+/m0/s1. The molecule has 0 aromatic carbocycles. The SMILES string of the molecule is COC(=O)[C@H]1C=C2CCC[C@H](C)[C@@]2(C)C1. The second-order valence-electron chi connectivity index (χ2n) is 5.24. The summed E-state index contributed by atoms with van der Waals surface area (Å²) in [7, 11) is 1.48. The van der Waals surface area contributed by atoms with Crippen LogP contribution in [0.4, 0.5) is 0 Å². The Morgan fingerprint density at radius 1 is 1.60 bits per heavy atom. The predicted molar refractivity (Wildman–Crippen MR) is 59.3 cm³/mol. The molecule has 0 aromatic heterocycles. The zero-order valence-corrected chi connectivity index (χ0v) is 9.88. The Kier molecular flexibility index (Phi) is 2.61. The first-order chi connectivity index (χ1) is 7.08. The zero-order chi connectivity index (χ0) is 11.1. The van der Waals surface area contributed by atoms with Crippen LogP contribution in [0.15, 0.2) is 11.6 Å². The van der Waals surface area contributed by atoms with Crippen molar-refractivity contribution in [2.24, 2.45) is 17.3 Å². The summed E-state index contributed by atoms with van der Waals surface area (Å²) in [6.07, 6.45) is 6.87. The molecule has 2 aliphatic rings. The molecule has 2 rings (SSSR count). The number of rotatable bonds is 1. The van der Waals surface area contributed by atoms with Gasteiger partial charge in [-0.2, -0.15) is 0 Å². The van der Waals surface area contributed by atoms with Crippen molar-refractivity contribution in [2.45, 2.75) is 39.5 Å². The highest BCUT2D eigenvalue weighted by Gasteiger charge is 2.45. The van der Waals surface area contributed by atoms with Crippen LogP contribution in [-0.2, 0) is 9.53 Å². The molecule has 15 heavy (non-hydrogen) atoms. The highest BCUT2D eigenvalue weighted by Crippen LogP contribution is 2.53. The largest absolute Gasteiger partial charge is 0.469 e. The van der Waals surface area contributed by atoms with Crippen molar-refractivity contribution in [1.82, 2.24) is 0 Å². The maximum Gasteiger partial charge on any atom is 0.312 e. The number of allylic oxidation sites excluding steroid dienone is 1. The molecule has 3 atom stereocenters. The van der Waals surface area contributed by atoms with Crippen LogP contribution in [-0.4, -0.2) is 13.1 Å². The first-order valence-corrected chi connectivity index (χ1v) is 5.87. The Morgan fingerprint density at radius 2 is 2.33 bits per heavy atom. The fourth-order valence-corrected chi connectivity index (χ4v) is 3.19. The molecule has 0 amide bonds. The number of carbonyl (C=O) groups excluding carboxylic acids is 1. The quantitative estimate of drug-likeness (QED) is 0.489. The average molecular weight is 208 g/mol. The maximum atomic E-state index is 11.5. The van der Waals surface area contributed by atoms with E-state index in [4.69, 9.17) is 4.74 Å². The Bertz CT molecular complexity index is 306. The summed E-state index contributed by atoms with van der Waals surface area (Å²) in [5, 5.41) is 0. The summed E-state index contributed by atoms with van der Waals surface area (Å²) in [4.78, 5) is 11.5. The highest BCUT2D eigenvalue weighted by molar-refractivity contribution is 5.75. The number of methoxy groups -OCH3 is 1. The second-order valence-corrected chi connectivity index (χ2v) is 5.24. The molecule has 84 valence electrons. The number of carbonyl (C=O) groups is 1. The van der Waals surface area contributed by atoms with Crippen LogP contribution in [0, 0.1) is 17.3 Å². The fourth-order valence-electron chi connectivity index (χ4n) is 3.19. The molecule has 0 aromatic rings. The van der Waals surface area contributed by atoms with E-state index in [9.17, 15) is 4.79 Å². The minimum Gasteiger partial charge on any atom is -0.469 e. The van der Waals surface area contributed by atoms with Crippen LogP contribution in [0.3, 0.4) is 0 Å². The molecule has 2 aliphatic carbocycles. The van der Waals surface area contributed by atoms with E-state index >= 15 is 0 Å². The molecule has 2 heteroatoms. The lowest BCUT2D eigenvalue weighted by atomic mass is 9.65. The third kappa shape index (κ3) is 1.60. The van der Waals surface area contributed by atoms with Gasteiger partial charge in [-0.05, 0) is 37.0 Å². The van der Waals surface area contributed by atoms with Crippen molar-refractivity contribution in [3.63, 3.8) is 0 Å². The number of hydrogen-bond acceptors (Lipinski definition) is 2. The van der Waals surface area contributed by atoms with Gasteiger partial charge in [-0.3, -0.25) is 4.79 Å². The van der Waals surface area contributed by atoms with E-state index in [1.165, 1.54) is 31.9 Å². The van der Waals surface area contributed by atoms with Gasteiger partial charge in [0.15, 0.2) is 0 Å². The summed E-state index contributed by atoms with van der Waals surface area (Å²) in [5.74, 6) is 0.646. The van der Waals surface area contributed by atoms with Crippen LogP contribution in [0.1, 0.15) is 39.5 Å². The van der Waals surface area contributed by atoms with Crippen molar-refractivity contribution >= 4 is 5.97 Å². The van der Waals surface area contributed by atoms with E-state index in [-0.39, 0.29) is 17.3 Å². The van der Waals surface area contributed by atoms with Gasteiger partial charge in [-0.25, -0.2) is 0 Å². The molecule has 1 saturated carbocycles. The first kappa shape index (κ1) is 10.7. The average Bonchev–Trinajstić information content (AvgIpc) is 2.57. The van der Waals surface area contributed by atoms with E-state index in [2.05, 4.69) is 19.9 Å². The number of ether oxygens (including phenoxy) is 1. The summed E-state index contributed by atoms with van der Waals surface area (Å²) < 4.78 is 4.84. The predicted octanol–water partition coefficient (Wildman–Crippen LogP) is 2.93. The number of hydrogen-bond donors (Lipinski definition) is 0. The number of esters is 1. The third-order valence-corrected chi connectivity index (χ3v) is 4.45. The van der Waals surface area contributed by atoms with Gasteiger partial charge in [0, 0.05) is 0 Å². The third-order valence-electron chi connectivity index (χ3n) is 4.45. The minimum atomic E-state index is -0.0645. The lowest BCUT2D eigenvalue weighted by Crippen LogP contribution is -2.30. The molecule has 0 N–H and O–H groups in total. The van der Waals surface area contributed by atoms with Crippen LogP contribution in [0.5, 0.6) is 0 Å². The van der Waals surface area contributed by atoms with Gasteiger partial charge in [0.05, 0.1) is 13.0 Å². The molecule has 1 fully saturated rings. The molecule has 0 spiro atoms. The lowest BCUT2D eigenvalue weighted by molar-refractivity contribution is -0.144. The zero-order valence-electron chi connectivity index (χ0n) is 9.88. The number of fused-ring (bicyclic) bond motifs is 1. The van der Waals surface area contributed by atoms with Crippen molar-refractivity contribution in [2.75, 3.05) is 7.11 Å². The molecule has 0 radical (unpaired) electrons. The molecular weight excluding hydrogens is 188 g/mol. The molecule has 0 aliphatic heterocycles. The van der Waals surface area contributed by atoms with Crippen molar-refractivity contribution < 1.29 is 9.53 Å². The van der Waals surface area contributed by atoms with E-state index in [0.717, 1.165) is 6.42 Å². The van der Waals surface area contributed by atoms with E-state index < -0.39 is 0 Å². The van der Waals surface area contributed by atoms with Gasteiger partial charge in [0.2, 0.25) is 0 Å². The molecule has 0 heterocycles. The molecule has 0 bridgehead atoms. The van der Waals surface area contributed by atoms with Gasteiger partial charge in [-0.1, -0.05) is 25.5 Å². The van der Waals surface area contributed by atoms with Gasteiger partial charge in [-0.15, -0.1) is 0 Å². The van der Waals surface area contributed by atoms with E-state index in [1.807, 2.05) is 0 Å². The summed E-state index contributed by atoms with van der Waals surface area (Å²) >= 11 is 0. The van der Waals surface area contributed by atoms with Crippen LogP contribution < -0.4 is 0 Å². The van der Waals surface area contributed by atoms with Gasteiger partial charge < -0.3 is 4.74 Å². The molecule has 2 nitrogen and oxygen atoms in total. The highest BCUT2D eigenvalue weighted by atomic mass is 16.5. The lowest BCUT2D eigenvalue weighted by Gasteiger charge is -2.39. The van der Waals surface area contributed by atoms with Crippen molar-refractivity contribution in [3.8, 4) is 0 Å². The summed E-state index contributed by atoms with van der Waals surface area (Å²) in [6, 6.07) is 0. The van der Waals surface area contributed by atoms with Gasteiger partial charge >= 0.3 is 5.97 Å². The Morgan fingerprint density at radius 3 is 2.93 bits per heavy atom. The summed E-state index contributed by atoms with van der Waals surface area (Å²) in [5.41, 5.74) is 1.76. The van der Waals surface area contributed by atoms with E-state index in [1.54, 1.807) is 0 Å². The normalized spacial score (nSPS) is 39.5. The van der Waals surface area contributed by atoms with Crippen molar-refractivity contribution in [3.05, 3.63) is 11.6 Å². The topological polar surface area (TPSA) is 26.3 Å². The smallest absolute Gasteiger partial charge is 0.312 e. The fraction of sp³-hybridized carbons (Fsp3) is 0.769. The van der Waals surface area contributed by atoms with Crippen LogP contribution >= 0.6 is 0 Å². The van der Waals surface area contributed by atoms with Gasteiger partial charge in [0.25, 0.3) is 0 Å². The molecule has 0 unspecified atom stereocenters. The van der Waals surface area contributed by atoms with Crippen molar-refractivity contribution in [1.29, 1.82) is 0 Å². The Hall–Kier alpha value is -0.790. The molecular formula is C13H20O2. The second kappa shape index (κ2) is 3.66. The van der Waals surface area contributed by atoms with Crippen LogP contribution in [0.25, 0.3) is 0 Å². The van der Waals surface area contributed by atoms with Gasteiger partial charge in [0.1, 0.15) is 0 Å². The molecule has 0 saturated heterocycles. The Balaban J connectivity index is 2.21. The minimum absolute atomic E-state index is 0.00977.